The number of carboxylic acids is 1. The van der Waals surface area contributed by atoms with Crippen molar-refractivity contribution in [3.63, 3.8) is 0 Å². The Morgan fingerprint density at radius 1 is 0.953 bits per heavy atom. The lowest BCUT2D eigenvalue weighted by Crippen LogP contribution is -2.25. The second-order valence-electron chi connectivity index (χ2n) is 11.8. The number of aromatic nitrogens is 3. The van der Waals surface area contributed by atoms with Crippen molar-refractivity contribution in [3.8, 4) is 0 Å². The number of fused-ring (bicyclic) bond motifs is 7. The number of hydrogen-bond donors (Lipinski definition) is 5. The summed E-state index contributed by atoms with van der Waals surface area (Å²) in [6, 6.07) is 0. The standard InChI is InChI=1S/C34H36N4O5/c1-8-19-16(4)23-12-24-17(5)20(9-10-27(39)40)31(37-24)29-30(34(42)43-7)33(41)28-18(6)25(38-32(28)29)11-21-14(2)15(3)22(35-21)13-26(19)36-23/h8,11-13,17,20,30,35-38H,1,9-10H2,2-7H3,(H,39,40)/b21-11-,22-13-,24-12-,31-29-/t17-,20-,30+/m0/s1. The minimum absolute atomic E-state index is 0.0535. The number of hydrogen-bond acceptors (Lipinski definition) is 5. The maximum atomic E-state index is 14.0. The van der Waals surface area contributed by atoms with Crippen LogP contribution in [-0.2, 0) is 14.3 Å². The summed E-state index contributed by atoms with van der Waals surface area (Å²) in [5, 5.41) is 15.0. The first-order valence-electron chi connectivity index (χ1n) is 14.5. The van der Waals surface area contributed by atoms with Crippen molar-refractivity contribution in [2.24, 2.45) is 17.8 Å². The minimum Gasteiger partial charge on any atom is -0.481 e. The van der Waals surface area contributed by atoms with Crippen LogP contribution in [0.4, 0.5) is 0 Å². The van der Waals surface area contributed by atoms with Crippen LogP contribution < -0.4 is 16.0 Å². The smallest absolute Gasteiger partial charge is 0.321 e. The summed E-state index contributed by atoms with van der Waals surface area (Å²) in [5.41, 5.74) is 10.6. The summed E-state index contributed by atoms with van der Waals surface area (Å²) in [6.07, 6.45) is 8.26. The van der Waals surface area contributed by atoms with Crippen molar-refractivity contribution < 1.29 is 24.2 Å². The average molecular weight is 581 g/mol. The lowest BCUT2D eigenvalue weighted by Gasteiger charge is -2.19. The molecule has 3 aromatic heterocycles. The molecule has 5 heterocycles. The number of rotatable bonds is 5. The van der Waals surface area contributed by atoms with Gasteiger partial charge < -0.3 is 30.1 Å². The van der Waals surface area contributed by atoms with E-state index in [1.165, 1.54) is 7.11 Å². The second kappa shape index (κ2) is 10.2. The lowest BCUT2D eigenvalue weighted by molar-refractivity contribution is -0.142. The number of carboxylic acid groups (broad SMARTS) is 1. The molecule has 2 aliphatic heterocycles. The van der Waals surface area contributed by atoms with Gasteiger partial charge in [0.05, 0.1) is 12.8 Å². The van der Waals surface area contributed by atoms with E-state index in [1.807, 2.05) is 39.0 Å². The Morgan fingerprint density at radius 2 is 1.60 bits per heavy atom. The van der Waals surface area contributed by atoms with E-state index in [1.54, 1.807) is 0 Å². The van der Waals surface area contributed by atoms with E-state index in [9.17, 15) is 19.5 Å². The van der Waals surface area contributed by atoms with Crippen LogP contribution in [0.3, 0.4) is 0 Å². The fourth-order valence-electron chi connectivity index (χ4n) is 6.90. The summed E-state index contributed by atoms with van der Waals surface area (Å²) < 4.78 is 5.14. The van der Waals surface area contributed by atoms with Crippen LogP contribution in [0, 0.1) is 45.4 Å². The fourth-order valence-corrected chi connectivity index (χ4v) is 6.90. The van der Waals surface area contributed by atoms with Gasteiger partial charge in [0.1, 0.15) is 5.92 Å². The Morgan fingerprint density at radius 3 is 2.23 bits per heavy atom. The summed E-state index contributed by atoms with van der Waals surface area (Å²) in [4.78, 5) is 49.4. The molecule has 43 heavy (non-hydrogen) atoms. The summed E-state index contributed by atoms with van der Waals surface area (Å²) >= 11 is 0. The number of carbonyl (C=O) groups excluding carboxylic acids is 2. The third-order valence-electron chi connectivity index (χ3n) is 9.58. The summed E-state index contributed by atoms with van der Waals surface area (Å²) in [6.45, 7) is 14.2. The Bertz CT molecular complexity index is 1940. The van der Waals surface area contributed by atoms with Crippen LogP contribution in [0.15, 0.2) is 18.0 Å². The molecule has 0 radical (unpaired) electrons. The van der Waals surface area contributed by atoms with Gasteiger partial charge in [-0.1, -0.05) is 19.6 Å². The highest BCUT2D eigenvalue weighted by molar-refractivity contribution is 6.24. The van der Waals surface area contributed by atoms with Crippen LogP contribution >= 0.6 is 0 Å². The van der Waals surface area contributed by atoms with E-state index in [2.05, 4.69) is 46.8 Å². The van der Waals surface area contributed by atoms with Gasteiger partial charge in [-0.15, -0.1) is 0 Å². The molecule has 3 aromatic rings. The van der Waals surface area contributed by atoms with Gasteiger partial charge in [0.25, 0.3) is 0 Å². The molecule has 0 aromatic carbocycles. The molecule has 6 rings (SSSR count). The highest BCUT2D eigenvalue weighted by atomic mass is 16.5. The molecule has 3 atom stereocenters. The summed E-state index contributed by atoms with van der Waals surface area (Å²) in [5.74, 6) is -3.41. The molecule has 0 amide bonds. The van der Waals surface area contributed by atoms with Gasteiger partial charge in [-0.3, -0.25) is 14.4 Å². The molecule has 0 spiro atoms. The number of methoxy groups -OCH3 is 1. The molecular formula is C34H36N4O5. The third kappa shape index (κ3) is 4.25. The number of aliphatic carboxylic acids is 1. The topological polar surface area (TPSA) is 140 Å². The number of aromatic amines is 3. The fraction of sp³-hybridized carbons (Fsp3) is 0.324. The minimum atomic E-state index is -1.15. The van der Waals surface area contributed by atoms with Gasteiger partial charge in [0.2, 0.25) is 0 Å². The molecule has 8 bridgehead atoms. The van der Waals surface area contributed by atoms with Gasteiger partial charge in [0.15, 0.2) is 5.78 Å². The Balaban J connectivity index is 1.73. The second-order valence-corrected chi connectivity index (χ2v) is 11.8. The molecule has 5 N–H and O–H groups in total. The molecule has 0 saturated carbocycles. The number of H-pyrrole nitrogens is 3. The van der Waals surface area contributed by atoms with E-state index >= 15 is 0 Å². The normalized spacial score (nSPS) is 24.8. The number of Topliss-reactive ketones (excluding diaryl/α,β-unsaturated/α-hetero) is 1. The Kier molecular flexibility index (Phi) is 6.71. The average Bonchev–Trinajstić information content (AvgIpc) is 3.70. The van der Waals surface area contributed by atoms with Crippen LogP contribution in [0.25, 0.3) is 29.9 Å². The van der Waals surface area contributed by atoms with E-state index in [0.29, 0.717) is 28.9 Å². The first-order chi connectivity index (χ1) is 20.5. The lowest BCUT2D eigenvalue weighted by atomic mass is 9.85. The Hall–Kier alpha value is -4.79. The van der Waals surface area contributed by atoms with Crippen LogP contribution in [-0.4, -0.2) is 44.9 Å². The van der Waals surface area contributed by atoms with E-state index in [-0.39, 0.29) is 24.0 Å². The number of nitrogens with one attached hydrogen (secondary N) is 4. The summed E-state index contributed by atoms with van der Waals surface area (Å²) in [7, 11) is 1.28. The zero-order valence-electron chi connectivity index (χ0n) is 25.2. The van der Waals surface area contributed by atoms with Crippen LogP contribution in [0.5, 0.6) is 0 Å². The predicted octanol–water partition coefficient (Wildman–Crippen LogP) is 3.98. The number of carbonyl (C=O) groups is 3. The van der Waals surface area contributed by atoms with Gasteiger partial charge in [-0.25, -0.2) is 0 Å². The van der Waals surface area contributed by atoms with Crippen molar-refractivity contribution >= 4 is 47.6 Å². The first-order valence-corrected chi connectivity index (χ1v) is 14.5. The van der Waals surface area contributed by atoms with E-state index in [4.69, 9.17) is 4.74 Å². The largest absolute Gasteiger partial charge is 0.481 e. The zero-order valence-corrected chi connectivity index (χ0v) is 25.2. The number of esters is 1. The highest BCUT2D eigenvalue weighted by Gasteiger charge is 2.48. The Labute approximate surface area is 249 Å². The maximum absolute atomic E-state index is 14.0. The van der Waals surface area contributed by atoms with Crippen molar-refractivity contribution in [1.82, 2.24) is 20.3 Å². The van der Waals surface area contributed by atoms with Crippen molar-refractivity contribution in [3.05, 3.63) is 84.8 Å². The SMILES string of the molecule is C=Cc1c2[nH]c(c1C)/C=C1\N/C(=C3\c4[nH]c(c(C)c4C(=O)[C@@H]3C(=O)OC)/C=c3\[nH]/c(c(C)c3C)=C\2)[C@@H](CCC(=O)O)[C@@H]1C. The molecule has 9 heteroatoms. The maximum Gasteiger partial charge on any atom is 0.321 e. The highest BCUT2D eigenvalue weighted by Crippen LogP contribution is 2.48. The molecule has 1 fully saturated rings. The zero-order chi connectivity index (χ0) is 30.9. The van der Waals surface area contributed by atoms with Crippen LogP contribution in [0.2, 0.25) is 0 Å². The monoisotopic (exact) mass is 580 g/mol. The van der Waals surface area contributed by atoms with E-state index in [0.717, 1.165) is 61.3 Å². The molecule has 9 nitrogen and oxygen atoms in total. The first kappa shape index (κ1) is 28.3. The number of allylic oxidation sites excluding steroid dienone is 2. The third-order valence-corrected chi connectivity index (χ3v) is 9.58. The quantitative estimate of drug-likeness (QED) is 0.229. The van der Waals surface area contributed by atoms with Gasteiger partial charge in [-0.2, -0.15) is 0 Å². The number of ether oxygens (including phenoxy) is 1. The molecular weight excluding hydrogens is 544 g/mol. The molecule has 1 aliphatic carbocycles. The van der Waals surface area contributed by atoms with Gasteiger partial charge >= 0.3 is 11.9 Å². The van der Waals surface area contributed by atoms with Gasteiger partial charge in [0, 0.05) is 74.1 Å². The van der Waals surface area contributed by atoms with Crippen LogP contribution in [0.1, 0.15) is 80.7 Å². The van der Waals surface area contributed by atoms with Crippen molar-refractivity contribution in [1.29, 1.82) is 0 Å². The van der Waals surface area contributed by atoms with Crippen molar-refractivity contribution in [2.45, 2.75) is 47.5 Å². The molecule has 3 aliphatic rings. The van der Waals surface area contributed by atoms with Crippen molar-refractivity contribution in [2.75, 3.05) is 7.11 Å². The van der Waals surface area contributed by atoms with E-state index < -0.39 is 17.9 Å². The van der Waals surface area contributed by atoms with Gasteiger partial charge in [-0.05, 0) is 74.6 Å². The number of ketones is 1. The molecule has 0 unspecified atom stereocenters. The predicted molar refractivity (Wildman–Crippen MR) is 165 cm³/mol. The molecule has 1 saturated heterocycles. The molecule has 222 valence electrons.